The number of nitrogens with one attached hydrogen (secondary N) is 1. The summed E-state index contributed by atoms with van der Waals surface area (Å²) in [5.74, 6) is 1.02. The SMILES string of the molecule is COc1ccc(C(=O)C2CCN(C(=O)C(CCSC)NS(=O)(=O)c3ccccc3)CC2)cc1. The van der Waals surface area contributed by atoms with Crippen LogP contribution in [0.1, 0.15) is 29.6 Å². The molecule has 2 aromatic rings. The topological polar surface area (TPSA) is 92.8 Å². The molecular formula is C24H30N2O5S2. The maximum absolute atomic E-state index is 13.2. The Balaban J connectivity index is 1.63. The Morgan fingerprint density at radius 3 is 2.30 bits per heavy atom. The van der Waals surface area contributed by atoms with Gasteiger partial charge in [-0.2, -0.15) is 16.5 Å². The molecule has 1 saturated heterocycles. The van der Waals surface area contributed by atoms with E-state index in [1.165, 1.54) is 12.1 Å². The number of nitrogens with zero attached hydrogens (tertiary/aromatic N) is 1. The Kier molecular flexibility index (Phi) is 8.94. The van der Waals surface area contributed by atoms with Crippen molar-refractivity contribution in [2.75, 3.05) is 32.2 Å². The average Bonchev–Trinajstić information content (AvgIpc) is 2.86. The molecule has 9 heteroatoms. The summed E-state index contributed by atoms with van der Waals surface area (Å²) in [6.45, 7) is 0.850. The van der Waals surface area contributed by atoms with Crippen molar-refractivity contribution in [1.29, 1.82) is 0 Å². The molecule has 0 radical (unpaired) electrons. The molecule has 0 spiro atoms. The Morgan fingerprint density at radius 2 is 1.73 bits per heavy atom. The zero-order valence-electron chi connectivity index (χ0n) is 18.9. The van der Waals surface area contributed by atoms with Crippen molar-refractivity contribution >= 4 is 33.5 Å². The van der Waals surface area contributed by atoms with Crippen LogP contribution in [0, 0.1) is 5.92 Å². The first-order valence-electron chi connectivity index (χ1n) is 10.9. The van der Waals surface area contributed by atoms with Crippen molar-refractivity contribution in [3.63, 3.8) is 0 Å². The number of amides is 1. The predicted molar refractivity (Wildman–Crippen MR) is 130 cm³/mol. The van der Waals surface area contributed by atoms with Gasteiger partial charge in [0.15, 0.2) is 5.78 Å². The van der Waals surface area contributed by atoms with E-state index in [9.17, 15) is 18.0 Å². The summed E-state index contributed by atoms with van der Waals surface area (Å²) in [7, 11) is -2.23. The molecule has 178 valence electrons. The summed E-state index contributed by atoms with van der Waals surface area (Å²) >= 11 is 1.56. The number of carbonyl (C=O) groups excluding carboxylic acids is 2. The molecule has 1 fully saturated rings. The van der Waals surface area contributed by atoms with Crippen LogP contribution in [0.25, 0.3) is 0 Å². The van der Waals surface area contributed by atoms with Crippen molar-refractivity contribution in [2.45, 2.75) is 30.2 Å². The van der Waals surface area contributed by atoms with E-state index in [2.05, 4.69) is 4.72 Å². The van der Waals surface area contributed by atoms with E-state index in [1.54, 1.807) is 66.2 Å². The number of sulfonamides is 1. The van der Waals surface area contributed by atoms with Crippen LogP contribution in [0.5, 0.6) is 5.75 Å². The highest BCUT2D eigenvalue weighted by Crippen LogP contribution is 2.24. The minimum absolute atomic E-state index is 0.0634. The first-order chi connectivity index (χ1) is 15.9. The highest BCUT2D eigenvalue weighted by molar-refractivity contribution is 7.98. The van der Waals surface area contributed by atoms with Crippen LogP contribution in [0.3, 0.4) is 0 Å². The van der Waals surface area contributed by atoms with Gasteiger partial charge in [0.25, 0.3) is 0 Å². The van der Waals surface area contributed by atoms with E-state index in [-0.39, 0.29) is 22.5 Å². The van der Waals surface area contributed by atoms with Gasteiger partial charge in [0.2, 0.25) is 15.9 Å². The number of piperidine rings is 1. The van der Waals surface area contributed by atoms with Crippen LogP contribution >= 0.6 is 11.8 Å². The van der Waals surface area contributed by atoms with Gasteiger partial charge < -0.3 is 9.64 Å². The van der Waals surface area contributed by atoms with Crippen LogP contribution in [-0.4, -0.2) is 63.3 Å². The molecule has 33 heavy (non-hydrogen) atoms. The molecule has 1 unspecified atom stereocenters. The third kappa shape index (κ3) is 6.59. The second kappa shape index (κ2) is 11.7. The van der Waals surface area contributed by atoms with Gasteiger partial charge in [-0.25, -0.2) is 8.42 Å². The Bertz CT molecular complexity index is 1030. The van der Waals surface area contributed by atoms with Crippen LogP contribution < -0.4 is 9.46 Å². The van der Waals surface area contributed by atoms with Crippen LogP contribution in [0.2, 0.25) is 0 Å². The Morgan fingerprint density at radius 1 is 1.09 bits per heavy atom. The quantitative estimate of drug-likeness (QED) is 0.514. The monoisotopic (exact) mass is 490 g/mol. The Labute approximate surface area is 199 Å². The Hall–Kier alpha value is -2.36. The molecule has 1 N–H and O–H groups in total. The number of likely N-dealkylation sites (tertiary alicyclic amines) is 1. The molecule has 1 heterocycles. The molecule has 1 aliphatic rings. The fourth-order valence-electron chi connectivity index (χ4n) is 3.90. The smallest absolute Gasteiger partial charge is 0.241 e. The largest absolute Gasteiger partial charge is 0.497 e. The lowest BCUT2D eigenvalue weighted by atomic mass is 9.88. The molecule has 3 rings (SSSR count). The minimum Gasteiger partial charge on any atom is -0.497 e. The molecule has 0 saturated carbocycles. The van der Waals surface area contributed by atoms with Gasteiger partial charge in [-0.3, -0.25) is 9.59 Å². The molecule has 0 bridgehead atoms. The minimum atomic E-state index is -3.81. The van der Waals surface area contributed by atoms with E-state index in [0.717, 1.165) is 0 Å². The van der Waals surface area contributed by atoms with E-state index < -0.39 is 16.1 Å². The number of ether oxygens (including phenoxy) is 1. The molecule has 2 aromatic carbocycles. The van der Waals surface area contributed by atoms with E-state index in [1.807, 2.05) is 6.26 Å². The van der Waals surface area contributed by atoms with Crippen molar-refractivity contribution in [2.24, 2.45) is 5.92 Å². The van der Waals surface area contributed by atoms with E-state index in [4.69, 9.17) is 4.74 Å². The third-order valence-electron chi connectivity index (χ3n) is 5.81. The highest BCUT2D eigenvalue weighted by atomic mass is 32.2. The van der Waals surface area contributed by atoms with Crippen LogP contribution in [0.15, 0.2) is 59.5 Å². The molecule has 0 aliphatic carbocycles. The normalized spacial score (nSPS) is 15.8. The molecule has 1 aliphatic heterocycles. The zero-order chi connectivity index (χ0) is 23.8. The number of methoxy groups -OCH3 is 1. The maximum atomic E-state index is 13.2. The first-order valence-corrected chi connectivity index (χ1v) is 13.8. The van der Waals surface area contributed by atoms with Crippen LogP contribution in [-0.2, 0) is 14.8 Å². The van der Waals surface area contributed by atoms with Gasteiger partial charge in [0.05, 0.1) is 12.0 Å². The van der Waals surface area contributed by atoms with Crippen molar-refractivity contribution < 1.29 is 22.7 Å². The molecule has 0 aromatic heterocycles. The lowest BCUT2D eigenvalue weighted by molar-refractivity contribution is -0.134. The molecule has 1 amide bonds. The van der Waals surface area contributed by atoms with Gasteiger partial charge >= 0.3 is 0 Å². The van der Waals surface area contributed by atoms with E-state index >= 15 is 0 Å². The summed E-state index contributed by atoms with van der Waals surface area (Å²) in [5, 5.41) is 0. The molecule has 1 atom stereocenters. The number of hydrogen-bond donors (Lipinski definition) is 1. The van der Waals surface area contributed by atoms with Gasteiger partial charge in [0.1, 0.15) is 11.8 Å². The number of thioether (sulfide) groups is 1. The number of carbonyl (C=O) groups is 2. The van der Waals surface area contributed by atoms with Gasteiger partial charge in [-0.1, -0.05) is 18.2 Å². The number of rotatable bonds is 10. The van der Waals surface area contributed by atoms with Gasteiger partial charge in [-0.15, -0.1) is 0 Å². The standard InChI is InChI=1S/C24H30N2O5S2/c1-31-20-10-8-18(9-11-20)23(27)19-12-15-26(16-13-19)24(28)22(14-17-32-2)25-33(29,30)21-6-4-3-5-7-21/h3-11,19,22,25H,12-17H2,1-2H3. The number of ketones is 1. The summed E-state index contributed by atoms with van der Waals surface area (Å²) in [5.41, 5.74) is 0.633. The number of Topliss-reactive ketones (excluding diaryl/α,β-unsaturated/α-hetero) is 1. The second-order valence-electron chi connectivity index (χ2n) is 7.96. The predicted octanol–water partition coefficient (Wildman–Crippen LogP) is 3.22. The highest BCUT2D eigenvalue weighted by Gasteiger charge is 2.33. The fourth-order valence-corrected chi connectivity index (χ4v) is 5.61. The van der Waals surface area contributed by atoms with Gasteiger partial charge in [-0.05, 0) is 67.7 Å². The molecular weight excluding hydrogens is 460 g/mol. The van der Waals surface area contributed by atoms with Crippen molar-refractivity contribution in [1.82, 2.24) is 9.62 Å². The van der Waals surface area contributed by atoms with Crippen molar-refractivity contribution in [3.05, 3.63) is 60.2 Å². The number of benzene rings is 2. The van der Waals surface area contributed by atoms with Crippen molar-refractivity contribution in [3.8, 4) is 5.75 Å². The zero-order valence-corrected chi connectivity index (χ0v) is 20.5. The summed E-state index contributed by atoms with van der Waals surface area (Å²) in [6.07, 6.45) is 3.43. The second-order valence-corrected chi connectivity index (χ2v) is 10.7. The first kappa shape index (κ1) is 25.3. The molecule has 7 nitrogen and oxygen atoms in total. The average molecular weight is 491 g/mol. The summed E-state index contributed by atoms with van der Waals surface area (Å²) in [6, 6.07) is 14.3. The lowest BCUT2D eigenvalue weighted by Crippen LogP contribution is -2.51. The number of hydrogen-bond acceptors (Lipinski definition) is 6. The fraction of sp³-hybridized carbons (Fsp3) is 0.417. The van der Waals surface area contributed by atoms with E-state index in [0.29, 0.717) is 49.4 Å². The maximum Gasteiger partial charge on any atom is 0.241 e. The summed E-state index contributed by atoms with van der Waals surface area (Å²) in [4.78, 5) is 27.9. The van der Waals surface area contributed by atoms with Gasteiger partial charge in [0, 0.05) is 24.6 Å². The third-order valence-corrected chi connectivity index (χ3v) is 7.94. The van der Waals surface area contributed by atoms with Crippen LogP contribution in [0.4, 0.5) is 0 Å². The lowest BCUT2D eigenvalue weighted by Gasteiger charge is -2.34. The summed E-state index contributed by atoms with van der Waals surface area (Å²) < 4.78 is 33.3.